The van der Waals surface area contributed by atoms with E-state index in [0.29, 0.717) is 23.8 Å². The predicted molar refractivity (Wildman–Crippen MR) is 79.2 cm³/mol. The Kier molecular flexibility index (Phi) is 5.51. The van der Waals surface area contributed by atoms with Crippen LogP contribution in [0.5, 0.6) is 6.01 Å². The molecule has 1 aliphatic rings. The second-order valence-corrected chi connectivity index (χ2v) is 6.17. The summed E-state index contributed by atoms with van der Waals surface area (Å²) < 4.78 is 5.27. The first-order valence-electron chi connectivity index (χ1n) is 6.65. The molecule has 5 nitrogen and oxygen atoms in total. The van der Waals surface area contributed by atoms with E-state index in [4.69, 9.17) is 16.3 Å². The molecular formula is C12H19ClN4OS. The second-order valence-electron chi connectivity index (χ2n) is 4.32. The summed E-state index contributed by atoms with van der Waals surface area (Å²) in [5, 5.41) is 4.15. The first-order valence-corrected chi connectivity index (χ1v) is 8.08. The van der Waals surface area contributed by atoms with E-state index in [-0.39, 0.29) is 11.3 Å². The van der Waals surface area contributed by atoms with Gasteiger partial charge in [0.05, 0.1) is 6.61 Å². The van der Waals surface area contributed by atoms with Crippen LogP contribution in [-0.4, -0.2) is 38.6 Å². The van der Waals surface area contributed by atoms with Gasteiger partial charge in [0.1, 0.15) is 0 Å². The van der Waals surface area contributed by atoms with Gasteiger partial charge in [-0.05, 0) is 37.1 Å². The number of anilines is 1. The van der Waals surface area contributed by atoms with Crippen molar-refractivity contribution >= 4 is 29.3 Å². The van der Waals surface area contributed by atoms with Crippen molar-refractivity contribution in [3.63, 3.8) is 0 Å². The van der Waals surface area contributed by atoms with Crippen LogP contribution in [0.4, 0.5) is 5.95 Å². The van der Waals surface area contributed by atoms with Gasteiger partial charge in [-0.3, -0.25) is 0 Å². The molecule has 0 aromatic carbocycles. The average Bonchev–Trinajstić information content (AvgIpc) is 2.77. The minimum absolute atomic E-state index is 0.165. The van der Waals surface area contributed by atoms with Crippen LogP contribution in [0.3, 0.4) is 0 Å². The van der Waals surface area contributed by atoms with Crippen molar-refractivity contribution < 1.29 is 4.74 Å². The van der Waals surface area contributed by atoms with Gasteiger partial charge in [-0.15, -0.1) is 0 Å². The van der Waals surface area contributed by atoms with E-state index in [0.717, 1.165) is 12.2 Å². The van der Waals surface area contributed by atoms with Crippen LogP contribution in [0.1, 0.15) is 33.1 Å². The van der Waals surface area contributed by atoms with Crippen molar-refractivity contribution in [1.29, 1.82) is 0 Å². The number of nitrogens with one attached hydrogen (secondary N) is 1. The zero-order valence-corrected chi connectivity index (χ0v) is 12.8. The molecule has 1 aromatic rings. The Balaban J connectivity index is 2.05. The summed E-state index contributed by atoms with van der Waals surface area (Å²) in [6, 6.07) is 0.681. The van der Waals surface area contributed by atoms with E-state index in [1.54, 1.807) is 0 Å². The number of nitrogens with zero attached hydrogens (tertiary/aromatic N) is 3. The third kappa shape index (κ3) is 4.11. The lowest BCUT2D eigenvalue weighted by Crippen LogP contribution is -2.27. The maximum atomic E-state index is 5.88. The van der Waals surface area contributed by atoms with Gasteiger partial charge in [0.15, 0.2) is 0 Å². The van der Waals surface area contributed by atoms with Gasteiger partial charge in [0.2, 0.25) is 11.2 Å². The molecule has 1 fully saturated rings. The topological polar surface area (TPSA) is 59.9 Å². The molecule has 1 aromatic heterocycles. The standard InChI is InChI=1S/C12H19ClN4OS/c1-3-18-12-16-10(13)15-11(17-12)14-8-6-5-7-9(8)19-4-2/h8-9H,3-7H2,1-2H3,(H,14,15,16,17). The molecule has 1 aliphatic carbocycles. The maximum Gasteiger partial charge on any atom is 0.322 e. The molecule has 2 rings (SSSR count). The minimum Gasteiger partial charge on any atom is -0.464 e. The Morgan fingerprint density at radius 2 is 2.16 bits per heavy atom. The summed E-state index contributed by atoms with van der Waals surface area (Å²) in [6.07, 6.45) is 3.63. The first kappa shape index (κ1) is 14.7. The van der Waals surface area contributed by atoms with Crippen molar-refractivity contribution in [2.24, 2.45) is 0 Å². The smallest absolute Gasteiger partial charge is 0.322 e. The number of hydrogen-bond donors (Lipinski definition) is 1. The summed E-state index contributed by atoms with van der Waals surface area (Å²) in [6.45, 7) is 4.58. The first-order chi connectivity index (χ1) is 9.22. The van der Waals surface area contributed by atoms with Crippen LogP contribution in [-0.2, 0) is 0 Å². The summed E-state index contributed by atoms with van der Waals surface area (Å²) in [7, 11) is 0. The van der Waals surface area contributed by atoms with Crippen LogP contribution in [0, 0.1) is 0 Å². The van der Waals surface area contributed by atoms with E-state index in [1.165, 1.54) is 12.8 Å². The van der Waals surface area contributed by atoms with Gasteiger partial charge < -0.3 is 10.1 Å². The molecule has 0 bridgehead atoms. The van der Waals surface area contributed by atoms with Gasteiger partial charge in [-0.1, -0.05) is 13.3 Å². The fourth-order valence-corrected chi connectivity index (χ4v) is 3.61. The third-order valence-corrected chi connectivity index (χ3v) is 4.50. The molecule has 1 N–H and O–H groups in total. The largest absolute Gasteiger partial charge is 0.464 e. The molecule has 2 unspecified atom stereocenters. The molecule has 0 saturated heterocycles. The molecular weight excluding hydrogens is 284 g/mol. The lowest BCUT2D eigenvalue weighted by Gasteiger charge is -2.20. The quantitative estimate of drug-likeness (QED) is 0.871. The summed E-state index contributed by atoms with van der Waals surface area (Å²) in [4.78, 5) is 12.3. The molecule has 1 saturated carbocycles. The summed E-state index contributed by atoms with van der Waals surface area (Å²) in [5.41, 5.74) is 0. The number of halogens is 1. The number of rotatable bonds is 6. The van der Waals surface area contributed by atoms with Crippen LogP contribution < -0.4 is 10.1 Å². The van der Waals surface area contributed by atoms with Crippen molar-refractivity contribution in [1.82, 2.24) is 15.0 Å². The Bertz CT molecular complexity index is 421. The summed E-state index contributed by atoms with van der Waals surface area (Å²) >= 11 is 7.87. The summed E-state index contributed by atoms with van der Waals surface area (Å²) in [5.74, 6) is 1.64. The molecule has 7 heteroatoms. The fourth-order valence-electron chi connectivity index (χ4n) is 2.26. The normalized spacial score (nSPS) is 22.5. The highest BCUT2D eigenvalue weighted by Gasteiger charge is 2.27. The average molecular weight is 303 g/mol. The highest BCUT2D eigenvalue weighted by atomic mass is 35.5. The van der Waals surface area contributed by atoms with E-state index >= 15 is 0 Å². The van der Waals surface area contributed by atoms with E-state index in [1.807, 2.05) is 18.7 Å². The van der Waals surface area contributed by atoms with Crippen molar-refractivity contribution in [2.75, 3.05) is 17.7 Å². The van der Waals surface area contributed by atoms with Crippen molar-refractivity contribution in [2.45, 2.75) is 44.4 Å². The highest BCUT2D eigenvalue weighted by molar-refractivity contribution is 7.99. The second kappa shape index (κ2) is 7.14. The van der Waals surface area contributed by atoms with E-state index in [2.05, 4.69) is 27.2 Å². The van der Waals surface area contributed by atoms with Gasteiger partial charge in [0, 0.05) is 11.3 Å². The van der Waals surface area contributed by atoms with Crippen LogP contribution in [0.25, 0.3) is 0 Å². The fraction of sp³-hybridized carbons (Fsp3) is 0.750. The lowest BCUT2D eigenvalue weighted by atomic mass is 10.2. The molecule has 0 amide bonds. The minimum atomic E-state index is 0.165. The number of hydrogen-bond acceptors (Lipinski definition) is 6. The molecule has 19 heavy (non-hydrogen) atoms. The van der Waals surface area contributed by atoms with E-state index < -0.39 is 0 Å². The van der Waals surface area contributed by atoms with Crippen LogP contribution in [0.2, 0.25) is 5.28 Å². The number of aromatic nitrogens is 3. The Morgan fingerprint density at radius 3 is 2.89 bits per heavy atom. The molecule has 0 radical (unpaired) electrons. The molecule has 106 valence electrons. The van der Waals surface area contributed by atoms with Gasteiger partial charge >= 0.3 is 6.01 Å². The number of thioether (sulfide) groups is 1. The Morgan fingerprint density at radius 1 is 1.32 bits per heavy atom. The zero-order chi connectivity index (χ0) is 13.7. The highest BCUT2D eigenvalue weighted by Crippen LogP contribution is 2.31. The molecule has 1 heterocycles. The Hall–Kier alpha value is -0.750. The van der Waals surface area contributed by atoms with Gasteiger partial charge in [0.25, 0.3) is 0 Å². The molecule has 2 atom stereocenters. The van der Waals surface area contributed by atoms with Crippen molar-refractivity contribution in [3.8, 4) is 6.01 Å². The Labute approximate surface area is 122 Å². The van der Waals surface area contributed by atoms with Gasteiger partial charge in [-0.2, -0.15) is 26.7 Å². The zero-order valence-electron chi connectivity index (χ0n) is 11.2. The van der Waals surface area contributed by atoms with E-state index in [9.17, 15) is 0 Å². The molecule has 0 aliphatic heterocycles. The number of ether oxygens (including phenoxy) is 1. The van der Waals surface area contributed by atoms with Crippen molar-refractivity contribution in [3.05, 3.63) is 5.28 Å². The third-order valence-electron chi connectivity index (χ3n) is 3.01. The van der Waals surface area contributed by atoms with Gasteiger partial charge in [-0.25, -0.2) is 0 Å². The lowest BCUT2D eigenvalue weighted by molar-refractivity contribution is 0.312. The SMILES string of the molecule is CCOc1nc(Cl)nc(NC2CCCC2SCC)n1. The monoisotopic (exact) mass is 302 g/mol. The predicted octanol–water partition coefficient (Wildman–Crippen LogP) is 3.01. The van der Waals surface area contributed by atoms with Crippen LogP contribution >= 0.6 is 23.4 Å². The maximum absolute atomic E-state index is 5.88. The van der Waals surface area contributed by atoms with Crippen LogP contribution in [0.15, 0.2) is 0 Å². The molecule has 0 spiro atoms.